The highest BCUT2D eigenvalue weighted by molar-refractivity contribution is 6.05. The first-order chi connectivity index (χ1) is 16.0. The summed E-state index contributed by atoms with van der Waals surface area (Å²) in [5.74, 6) is 0.362. The zero-order valence-electron chi connectivity index (χ0n) is 19.6. The first kappa shape index (κ1) is 23.5. The zero-order chi connectivity index (χ0) is 23.2. The Morgan fingerprint density at radius 2 is 1.58 bits per heavy atom. The number of hydrogen-bond donors (Lipinski definition) is 0. The summed E-state index contributed by atoms with van der Waals surface area (Å²) in [7, 11) is 0. The van der Waals surface area contributed by atoms with E-state index in [2.05, 4.69) is 17.1 Å². The molecule has 6 heteroatoms. The maximum atomic E-state index is 13.4. The number of ether oxygens (including phenoxy) is 2. The summed E-state index contributed by atoms with van der Waals surface area (Å²) in [6, 6.07) is 17.8. The van der Waals surface area contributed by atoms with Crippen molar-refractivity contribution in [1.82, 2.24) is 5.01 Å². The molecule has 2 aliphatic rings. The van der Waals surface area contributed by atoms with E-state index < -0.39 is 0 Å². The normalized spacial score (nSPS) is 21.5. The van der Waals surface area contributed by atoms with Crippen LogP contribution < -0.4 is 5.01 Å². The topological polar surface area (TPSA) is 59.1 Å². The lowest BCUT2D eigenvalue weighted by molar-refractivity contribution is -0.153. The number of anilines is 1. The van der Waals surface area contributed by atoms with Crippen LogP contribution in [0.2, 0.25) is 0 Å². The highest BCUT2D eigenvalue weighted by Crippen LogP contribution is 2.37. The molecule has 4 rings (SSSR count). The van der Waals surface area contributed by atoms with Crippen molar-refractivity contribution in [1.29, 1.82) is 0 Å². The molecule has 1 amide bonds. The average molecular weight is 451 g/mol. The average Bonchev–Trinajstić information content (AvgIpc) is 2.85. The number of carbonyl (C=O) groups excluding carboxylic acids is 2. The number of morpholine rings is 1. The minimum Gasteiger partial charge on any atom is -0.463 e. The fourth-order valence-corrected chi connectivity index (χ4v) is 4.74. The number of hydrogen-bond acceptors (Lipinski definition) is 5. The molecule has 33 heavy (non-hydrogen) atoms. The van der Waals surface area contributed by atoms with E-state index in [1.54, 1.807) is 5.01 Å². The molecular formula is C27H34N2O4. The van der Waals surface area contributed by atoms with Crippen molar-refractivity contribution in [3.05, 3.63) is 65.7 Å². The molecule has 1 saturated heterocycles. The molecule has 0 spiro atoms. The summed E-state index contributed by atoms with van der Waals surface area (Å²) < 4.78 is 10.9. The largest absolute Gasteiger partial charge is 0.463 e. The van der Waals surface area contributed by atoms with Gasteiger partial charge < -0.3 is 9.47 Å². The Morgan fingerprint density at radius 1 is 0.939 bits per heavy atom. The molecule has 0 bridgehead atoms. The summed E-state index contributed by atoms with van der Waals surface area (Å²) in [6.07, 6.45) is 3.63. The van der Waals surface area contributed by atoms with Crippen molar-refractivity contribution in [3.8, 4) is 0 Å². The predicted octanol–water partition coefficient (Wildman–Crippen LogP) is 4.81. The van der Waals surface area contributed by atoms with Crippen molar-refractivity contribution in [2.24, 2.45) is 5.92 Å². The van der Waals surface area contributed by atoms with Crippen LogP contribution >= 0.6 is 0 Å². The van der Waals surface area contributed by atoms with Gasteiger partial charge >= 0.3 is 5.97 Å². The molecule has 176 valence electrons. The molecule has 1 saturated carbocycles. The molecule has 2 fully saturated rings. The van der Waals surface area contributed by atoms with Crippen LogP contribution in [0.1, 0.15) is 61.4 Å². The van der Waals surface area contributed by atoms with E-state index in [1.165, 1.54) is 5.56 Å². The predicted molar refractivity (Wildman–Crippen MR) is 128 cm³/mol. The minimum atomic E-state index is -0.0595. The molecule has 1 heterocycles. The van der Waals surface area contributed by atoms with Crippen LogP contribution in [-0.4, -0.2) is 49.3 Å². The van der Waals surface area contributed by atoms with Crippen LogP contribution in [0.3, 0.4) is 0 Å². The number of rotatable bonds is 6. The number of esters is 1. The highest BCUT2D eigenvalue weighted by atomic mass is 16.5. The van der Waals surface area contributed by atoms with E-state index in [-0.39, 0.29) is 23.9 Å². The van der Waals surface area contributed by atoms with Gasteiger partial charge in [0.05, 0.1) is 30.9 Å². The SMILES string of the molecule is CC(C)OC(=O)C1CCC(c2ccc(N(C(=O)c3ccccc3)N3CCOCC3)cc2)CC1. The maximum Gasteiger partial charge on any atom is 0.309 e. The number of nitrogens with zero attached hydrogens (tertiary/aromatic N) is 2. The van der Waals surface area contributed by atoms with Gasteiger partial charge in [-0.25, -0.2) is 10.0 Å². The number of hydrazine groups is 1. The number of benzene rings is 2. The smallest absolute Gasteiger partial charge is 0.309 e. The summed E-state index contributed by atoms with van der Waals surface area (Å²) in [4.78, 5) is 25.6. The second kappa shape index (κ2) is 10.9. The van der Waals surface area contributed by atoms with Gasteiger partial charge in [-0.1, -0.05) is 30.3 Å². The van der Waals surface area contributed by atoms with E-state index in [0.717, 1.165) is 31.4 Å². The molecule has 2 aromatic carbocycles. The van der Waals surface area contributed by atoms with Crippen LogP contribution in [0.25, 0.3) is 0 Å². The Balaban J connectivity index is 1.46. The second-order valence-electron chi connectivity index (χ2n) is 9.17. The van der Waals surface area contributed by atoms with Crippen molar-refractivity contribution in [3.63, 3.8) is 0 Å². The Kier molecular flexibility index (Phi) is 7.78. The van der Waals surface area contributed by atoms with Gasteiger partial charge in [0.2, 0.25) is 0 Å². The van der Waals surface area contributed by atoms with Gasteiger partial charge in [-0.3, -0.25) is 9.59 Å². The summed E-state index contributed by atoms with van der Waals surface area (Å²) >= 11 is 0. The minimum absolute atomic E-state index is 0.0169. The van der Waals surface area contributed by atoms with Crippen molar-refractivity contribution in [2.45, 2.75) is 51.6 Å². The summed E-state index contributed by atoms with van der Waals surface area (Å²) in [5, 5.41) is 3.86. The number of carbonyl (C=O) groups is 2. The molecule has 0 atom stereocenters. The zero-order valence-corrected chi connectivity index (χ0v) is 19.6. The van der Waals surface area contributed by atoms with Gasteiger partial charge in [-0.05, 0) is 75.3 Å². The van der Waals surface area contributed by atoms with Crippen molar-refractivity contribution >= 4 is 17.6 Å². The summed E-state index contributed by atoms with van der Waals surface area (Å²) in [6.45, 7) is 6.37. The van der Waals surface area contributed by atoms with E-state index in [9.17, 15) is 9.59 Å². The van der Waals surface area contributed by atoms with Gasteiger partial charge in [-0.2, -0.15) is 0 Å². The fourth-order valence-electron chi connectivity index (χ4n) is 4.74. The van der Waals surface area contributed by atoms with Gasteiger partial charge in [-0.15, -0.1) is 0 Å². The molecule has 2 aromatic rings. The first-order valence-corrected chi connectivity index (χ1v) is 12.1. The van der Waals surface area contributed by atoms with Crippen molar-refractivity contribution < 1.29 is 19.1 Å². The Labute approximate surface area is 196 Å². The molecule has 6 nitrogen and oxygen atoms in total. The van der Waals surface area contributed by atoms with Gasteiger partial charge in [0.1, 0.15) is 0 Å². The van der Waals surface area contributed by atoms with E-state index >= 15 is 0 Å². The monoisotopic (exact) mass is 450 g/mol. The van der Waals surface area contributed by atoms with Crippen LogP contribution in [0.4, 0.5) is 5.69 Å². The molecule has 0 aromatic heterocycles. The van der Waals surface area contributed by atoms with Gasteiger partial charge in [0, 0.05) is 18.7 Å². The lowest BCUT2D eigenvalue weighted by Gasteiger charge is -2.37. The molecular weight excluding hydrogens is 416 g/mol. The van der Waals surface area contributed by atoms with E-state index in [0.29, 0.717) is 37.8 Å². The molecule has 1 aliphatic carbocycles. The molecule has 0 unspecified atom stereocenters. The van der Waals surface area contributed by atoms with E-state index in [4.69, 9.17) is 9.47 Å². The fraction of sp³-hybridized carbons (Fsp3) is 0.481. The second-order valence-corrected chi connectivity index (χ2v) is 9.17. The van der Waals surface area contributed by atoms with Crippen LogP contribution in [0.5, 0.6) is 0 Å². The lowest BCUT2D eigenvalue weighted by atomic mass is 9.78. The van der Waals surface area contributed by atoms with E-state index in [1.807, 2.05) is 56.3 Å². The van der Waals surface area contributed by atoms with Gasteiger partial charge in [0.25, 0.3) is 5.91 Å². The Morgan fingerprint density at radius 3 is 2.18 bits per heavy atom. The Hall–Kier alpha value is -2.70. The number of amides is 1. The maximum absolute atomic E-state index is 13.4. The molecule has 0 radical (unpaired) electrons. The third-order valence-electron chi connectivity index (χ3n) is 6.50. The summed E-state index contributed by atoms with van der Waals surface area (Å²) in [5.41, 5.74) is 2.80. The third kappa shape index (κ3) is 5.81. The quantitative estimate of drug-likeness (QED) is 0.592. The van der Waals surface area contributed by atoms with Crippen LogP contribution in [0.15, 0.2) is 54.6 Å². The third-order valence-corrected chi connectivity index (χ3v) is 6.50. The standard InChI is InChI=1S/C27H34N2O4/c1-20(2)33-27(31)24-10-8-21(9-11-24)22-12-14-25(15-13-22)29(28-16-18-32-19-17-28)26(30)23-6-4-3-5-7-23/h3-7,12-15,20-21,24H,8-11,16-19H2,1-2H3. The van der Waals surface area contributed by atoms with Crippen LogP contribution in [-0.2, 0) is 14.3 Å². The highest BCUT2D eigenvalue weighted by Gasteiger charge is 2.30. The van der Waals surface area contributed by atoms with Crippen molar-refractivity contribution in [2.75, 3.05) is 31.3 Å². The van der Waals surface area contributed by atoms with Crippen LogP contribution in [0, 0.1) is 5.92 Å². The molecule has 1 aliphatic heterocycles. The van der Waals surface area contributed by atoms with Gasteiger partial charge in [0.15, 0.2) is 0 Å². The first-order valence-electron chi connectivity index (χ1n) is 12.1. The Bertz CT molecular complexity index is 915. The lowest BCUT2D eigenvalue weighted by Crippen LogP contribution is -2.52. The molecule has 0 N–H and O–H groups in total.